The summed E-state index contributed by atoms with van der Waals surface area (Å²) < 4.78 is 10.9. The Bertz CT molecular complexity index is 596. The first kappa shape index (κ1) is 26.2. The highest BCUT2D eigenvalue weighted by atomic mass is 16.5. The lowest BCUT2D eigenvalue weighted by Gasteiger charge is -2.14. The van der Waals surface area contributed by atoms with Gasteiger partial charge >= 0.3 is 11.9 Å². The van der Waals surface area contributed by atoms with Crippen LogP contribution in [0, 0.1) is 0 Å². The summed E-state index contributed by atoms with van der Waals surface area (Å²) in [5, 5.41) is 0. The molecule has 1 rings (SSSR count). The molecule has 4 heteroatoms. The van der Waals surface area contributed by atoms with E-state index in [1.807, 2.05) is 6.92 Å². The minimum atomic E-state index is -0.449. The molecule has 0 aromatic heterocycles. The van der Waals surface area contributed by atoms with Crippen molar-refractivity contribution in [3.05, 3.63) is 35.4 Å². The number of benzene rings is 1. The van der Waals surface area contributed by atoms with E-state index in [4.69, 9.17) is 9.47 Å². The van der Waals surface area contributed by atoms with Crippen LogP contribution in [-0.4, -0.2) is 24.6 Å². The van der Waals surface area contributed by atoms with Crippen LogP contribution < -0.4 is 0 Å². The van der Waals surface area contributed by atoms with Gasteiger partial charge in [0.1, 0.15) is 0 Å². The topological polar surface area (TPSA) is 52.6 Å². The summed E-state index contributed by atoms with van der Waals surface area (Å²) in [6, 6.07) is 6.76. The first-order chi connectivity index (χ1) is 14.6. The van der Waals surface area contributed by atoms with Gasteiger partial charge in [-0.25, -0.2) is 9.59 Å². The molecule has 0 saturated heterocycles. The Morgan fingerprint density at radius 1 is 0.733 bits per heavy atom. The number of hydrogen-bond acceptors (Lipinski definition) is 4. The van der Waals surface area contributed by atoms with Crippen LogP contribution >= 0.6 is 0 Å². The van der Waals surface area contributed by atoms with E-state index in [-0.39, 0.29) is 11.7 Å². The van der Waals surface area contributed by atoms with Gasteiger partial charge in [-0.2, -0.15) is 0 Å². The van der Waals surface area contributed by atoms with Crippen molar-refractivity contribution < 1.29 is 19.1 Å². The molecule has 30 heavy (non-hydrogen) atoms. The average molecular weight is 419 g/mol. The number of ether oxygens (including phenoxy) is 2. The van der Waals surface area contributed by atoms with Gasteiger partial charge in [0.2, 0.25) is 0 Å². The van der Waals surface area contributed by atoms with Crippen LogP contribution in [0.25, 0.3) is 0 Å². The number of carbonyl (C=O) groups excluding carboxylic acids is 2. The second-order valence-electron chi connectivity index (χ2n) is 8.22. The highest BCUT2D eigenvalue weighted by Crippen LogP contribution is 2.16. The van der Waals surface area contributed by atoms with Gasteiger partial charge in [0.15, 0.2) is 0 Å². The van der Waals surface area contributed by atoms with E-state index in [2.05, 4.69) is 13.8 Å². The molecular formula is C26H42O4. The fourth-order valence-electron chi connectivity index (χ4n) is 3.48. The minimum absolute atomic E-state index is 0.157. The number of hydrogen-bond donors (Lipinski definition) is 0. The molecule has 4 nitrogen and oxygen atoms in total. The fraction of sp³-hybridized carbons (Fsp3) is 0.692. The molecule has 1 atom stereocenters. The van der Waals surface area contributed by atoms with Crippen LogP contribution in [0.1, 0.15) is 125 Å². The van der Waals surface area contributed by atoms with Gasteiger partial charge in [-0.1, -0.05) is 90.2 Å². The highest BCUT2D eigenvalue weighted by molar-refractivity contribution is 6.03. The molecule has 0 aliphatic heterocycles. The lowest BCUT2D eigenvalue weighted by atomic mass is 10.1. The molecule has 0 aliphatic carbocycles. The highest BCUT2D eigenvalue weighted by Gasteiger charge is 2.20. The zero-order valence-corrected chi connectivity index (χ0v) is 19.4. The Labute approximate surface area is 183 Å². The van der Waals surface area contributed by atoms with Crippen molar-refractivity contribution in [3.8, 4) is 0 Å². The standard InChI is InChI=1S/C26H42O4/c1-4-6-8-9-10-11-12-13-17-21-29-25(27)23-19-15-16-20-24(23)26(28)30-22(3)18-14-7-5-2/h15-16,19-20,22H,4-14,17-18,21H2,1-3H3. The summed E-state index contributed by atoms with van der Waals surface area (Å²) in [6.07, 6.45) is 14.9. The maximum absolute atomic E-state index is 12.5. The summed E-state index contributed by atoms with van der Waals surface area (Å²) in [6.45, 7) is 6.68. The van der Waals surface area contributed by atoms with Crippen LogP contribution in [0.15, 0.2) is 24.3 Å². The van der Waals surface area contributed by atoms with E-state index in [0.717, 1.165) is 38.5 Å². The number of rotatable bonds is 17. The quantitative estimate of drug-likeness (QED) is 0.194. The molecule has 170 valence electrons. The molecule has 0 fully saturated rings. The molecule has 1 unspecified atom stereocenters. The normalized spacial score (nSPS) is 11.8. The van der Waals surface area contributed by atoms with Crippen LogP contribution in [0.2, 0.25) is 0 Å². The average Bonchev–Trinajstić information content (AvgIpc) is 2.75. The van der Waals surface area contributed by atoms with Gasteiger partial charge in [0.05, 0.1) is 23.8 Å². The van der Waals surface area contributed by atoms with Gasteiger partial charge in [-0.15, -0.1) is 0 Å². The molecule has 0 radical (unpaired) electrons. The number of unbranched alkanes of at least 4 members (excludes halogenated alkanes) is 10. The second-order valence-corrected chi connectivity index (χ2v) is 8.22. The Hall–Kier alpha value is -1.84. The molecule has 1 aromatic carbocycles. The predicted molar refractivity (Wildman–Crippen MR) is 123 cm³/mol. The molecule has 0 saturated carbocycles. The molecule has 0 amide bonds. The first-order valence-electron chi connectivity index (χ1n) is 12.1. The third kappa shape index (κ3) is 11.4. The Morgan fingerprint density at radius 3 is 1.83 bits per heavy atom. The monoisotopic (exact) mass is 418 g/mol. The number of esters is 2. The van der Waals surface area contributed by atoms with Crippen molar-refractivity contribution in [3.63, 3.8) is 0 Å². The summed E-state index contributed by atoms with van der Waals surface area (Å²) in [5.74, 6) is -0.893. The Kier molecular flexibility index (Phi) is 14.8. The van der Waals surface area contributed by atoms with E-state index in [1.165, 1.54) is 44.9 Å². The van der Waals surface area contributed by atoms with Crippen molar-refractivity contribution in [2.24, 2.45) is 0 Å². The van der Waals surface area contributed by atoms with E-state index < -0.39 is 11.9 Å². The van der Waals surface area contributed by atoms with E-state index >= 15 is 0 Å². The van der Waals surface area contributed by atoms with Gasteiger partial charge < -0.3 is 9.47 Å². The molecule has 0 spiro atoms. The second kappa shape index (κ2) is 16.9. The van der Waals surface area contributed by atoms with E-state index in [9.17, 15) is 9.59 Å². The van der Waals surface area contributed by atoms with Crippen molar-refractivity contribution >= 4 is 11.9 Å². The first-order valence-corrected chi connectivity index (χ1v) is 12.1. The molecule has 0 bridgehead atoms. The van der Waals surface area contributed by atoms with Gasteiger partial charge in [0.25, 0.3) is 0 Å². The Morgan fingerprint density at radius 2 is 1.23 bits per heavy atom. The zero-order chi connectivity index (χ0) is 22.0. The van der Waals surface area contributed by atoms with Crippen LogP contribution in [0.5, 0.6) is 0 Å². The third-order valence-corrected chi connectivity index (χ3v) is 5.37. The summed E-state index contributed by atoms with van der Waals surface area (Å²) in [4.78, 5) is 25.0. The smallest absolute Gasteiger partial charge is 0.339 e. The van der Waals surface area contributed by atoms with E-state index in [0.29, 0.717) is 12.2 Å². The predicted octanol–water partition coefficient (Wildman–Crippen LogP) is 7.50. The Balaban J connectivity index is 2.35. The molecular weight excluding hydrogens is 376 g/mol. The largest absolute Gasteiger partial charge is 0.462 e. The lowest BCUT2D eigenvalue weighted by molar-refractivity contribution is 0.0307. The molecule has 0 aliphatic rings. The van der Waals surface area contributed by atoms with Crippen molar-refractivity contribution in [2.75, 3.05) is 6.61 Å². The fourth-order valence-corrected chi connectivity index (χ4v) is 3.48. The summed E-state index contributed by atoms with van der Waals surface area (Å²) in [7, 11) is 0. The van der Waals surface area contributed by atoms with Crippen molar-refractivity contribution in [1.82, 2.24) is 0 Å². The lowest BCUT2D eigenvalue weighted by Crippen LogP contribution is -2.18. The SMILES string of the molecule is CCCCCCCCCCCOC(=O)c1ccccc1C(=O)OC(C)CCCCC. The zero-order valence-electron chi connectivity index (χ0n) is 19.4. The third-order valence-electron chi connectivity index (χ3n) is 5.37. The van der Waals surface area contributed by atoms with E-state index in [1.54, 1.807) is 24.3 Å². The van der Waals surface area contributed by atoms with Gasteiger partial charge in [0, 0.05) is 0 Å². The van der Waals surface area contributed by atoms with Crippen molar-refractivity contribution in [1.29, 1.82) is 0 Å². The van der Waals surface area contributed by atoms with Crippen LogP contribution in [0.4, 0.5) is 0 Å². The van der Waals surface area contributed by atoms with Crippen molar-refractivity contribution in [2.45, 2.75) is 110 Å². The molecule has 1 aromatic rings. The minimum Gasteiger partial charge on any atom is -0.462 e. The van der Waals surface area contributed by atoms with Gasteiger partial charge in [-0.3, -0.25) is 0 Å². The molecule has 0 N–H and O–H groups in total. The maximum Gasteiger partial charge on any atom is 0.339 e. The summed E-state index contributed by atoms with van der Waals surface area (Å²) >= 11 is 0. The maximum atomic E-state index is 12.5. The number of carbonyl (C=O) groups is 2. The molecule has 0 heterocycles. The van der Waals surface area contributed by atoms with Gasteiger partial charge in [-0.05, 0) is 38.3 Å². The van der Waals surface area contributed by atoms with Crippen LogP contribution in [0.3, 0.4) is 0 Å². The van der Waals surface area contributed by atoms with Crippen LogP contribution in [-0.2, 0) is 9.47 Å². The summed E-state index contributed by atoms with van der Waals surface area (Å²) in [5.41, 5.74) is 0.580.